The van der Waals surface area contributed by atoms with Gasteiger partial charge in [-0.25, -0.2) is 14.4 Å². The van der Waals surface area contributed by atoms with Crippen molar-refractivity contribution >= 4 is 27.5 Å². The van der Waals surface area contributed by atoms with Gasteiger partial charge in [-0.05, 0) is 17.5 Å². The number of halogens is 2. The number of ether oxygens (including phenoxy) is 1. The predicted octanol–water partition coefficient (Wildman–Crippen LogP) is 3.00. The summed E-state index contributed by atoms with van der Waals surface area (Å²) in [4.78, 5) is 19.5. The van der Waals surface area contributed by atoms with E-state index in [9.17, 15) is 17.6 Å². The first kappa shape index (κ1) is 22.6. The van der Waals surface area contributed by atoms with E-state index in [-0.39, 0.29) is 27.6 Å². The highest BCUT2D eigenvalue weighted by molar-refractivity contribution is 7.90. The van der Waals surface area contributed by atoms with E-state index in [0.29, 0.717) is 6.61 Å². The van der Waals surface area contributed by atoms with Gasteiger partial charge in [0.05, 0.1) is 17.2 Å². The van der Waals surface area contributed by atoms with Crippen molar-refractivity contribution in [3.63, 3.8) is 0 Å². The SMILES string of the molecule is CC(C)(C)COc1ccn(-c2c(Cl)cc(F)nc2S(=O)(=O)NC(=O)c2cccnc2)n1. The fourth-order valence-corrected chi connectivity index (χ4v) is 3.82. The van der Waals surface area contributed by atoms with Crippen LogP contribution in [0.15, 0.2) is 47.9 Å². The van der Waals surface area contributed by atoms with Gasteiger partial charge in [0.15, 0.2) is 0 Å². The summed E-state index contributed by atoms with van der Waals surface area (Å²) in [6.07, 6.45) is 4.00. The quantitative estimate of drug-likeness (QED) is 0.554. The Morgan fingerprint density at radius 1 is 1.32 bits per heavy atom. The molecule has 3 aromatic rings. The molecule has 0 fully saturated rings. The smallest absolute Gasteiger partial charge is 0.284 e. The first-order valence-electron chi connectivity index (χ1n) is 8.98. The number of rotatable bonds is 6. The number of nitrogens with zero attached hydrogens (tertiary/aromatic N) is 4. The molecule has 0 radical (unpaired) electrons. The third kappa shape index (κ3) is 5.56. The molecule has 3 heterocycles. The lowest BCUT2D eigenvalue weighted by Crippen LogP contribution is -2.32. The average molecular weight is 468 g/mol. The summed E-state index contributed by atoms with van der Waals surface area (Å²) in [5, 5.41) is 3.07. The maximum atomic E-state index is 13.9. The first-order valence-corrected chi connectivity index (χ1v) is 10.8. The van der Waals surface area contributed by atoms with Crippen molar-refractivity contribution in [2.24, 2.45) is 5.41 Å². The third-order valence-electron chi connectivity index (χ3n) is 3.74. The fourth-order valence-electron chi connectivity index (χ4n) is 2.38. The van der Waals surface area contributed by atoms with Gasteiger partial charge in [-0.2, -0.15) is 12.8 Å². The first-order chi connectivity index (χ1) is 14.5. The van der Waals surface area contributed by atoms with E-state index >= 15 is 0 Å². The van der Waals surface area contributed by atoms with Crippen molar-refractivity contribution in [2.75, 3.05) is 6.61 Å². The van der Waals surface area contributed by atoms with Gasteiger partial charge in [0, 0.05) is 30.7 Å². The number of nitrogens with one attached hydrogen (secondary N) is 1. The van der Waals surface area contributed by atoms with E-state index < -0.39 is 26.9 Å². The van der Waals surface area contributed by atoms with Crippen LogP contribution in [0.5, 0.6) is 5.88 Å². The van der Waals surface area contributed by atoms with Crippen LogP contribution in [-0.2, 0) is 10.0 Å². The minimum Gasteiger partial charge on any atom is -0.476 e. The lowest BCUT2D eigenvalue weighted by molar-refractivity contribution is 0.0981. The lowest BCUT2D eigenvalue weighted by atomic mass is 9.99. The Balaban J connectivity index is 1.98. The number of hydrogen-bond donors (Lipinski definition) is 1. The Morgan fingerprint density at radius 3 is 2.71 bits per heavy atom. The summed E-state index contributed by atoms with van der Waals surface area (Å²) in [5.74, 6) is -1.90. The molecule has 164 valence electrons. The van der Waals surface area contributed by atoms with Crippen LogP contribution < -0.4 is 9.46 Å². The molecule has 9 nitrogen and oxygen atoms in total. The highest BCUT2D eigenvalue weighted by Crippen LogP contribution is 2.28. The molecule has 0 aliphatic rings. The van der Waals surface area contributed by atoms with Crippen molar-refractivity contribution in [1.82, 2.24) is 24.5 Å². The van der Waals surface area contributed by atoms with Gasteiger partial charge < -0.3 is 4.74 Å². The van der Waals surface area contributed by atoms with Crippen LogP contribution in [0, 0.1) is 11.4 Å². The topological polar surface area (TPSA) is 116 Å². The molecule has 3 aromatic heterocycles. The Morgan fingerprint density at radius 2 is 2.06 bits per heavy atom. The van der Waals surface area contributed by atoms with E-state index in [0.717, 1.165) is 10.7 Å². The molecule has 0 unspecified atom stereocenters. The monoisotopic (exact) mass is 467 g/mol. The van der Waals surface area contributed by atoms with E-state index in [2.05, 4.69) is 15.1 Å². The zero-order chi connectivity index (χ0) is 22.8. The second kappa shape index (κ2) is 8.60. The Hall–Kier alpha value is -3.05. The minimum atomic E-state index is -4.62. The molecular weight excluding hydrogens is 449 g/mol. The summed E-state index contributed by atoms with van der Waals surface area (Å²) < 4.78 is 48.2. The Kier molecular flexibility index (Phi) is 6.27. The number of aromatic nitrogens is 4. The van der Waals surface area contributed by atoms with Crippen LogP contribution in [-0.4, -0.2) is 40.7 Å². The summed E-state index contributed by atoms with van der Waals surface area (Å²) in [6, 6.07) is 5.18. The Bertz CT molecular complexity index is 1210. The second-order valence-electron chi connectivity index (χ2n) is 7.70. The molecule has 3 rings (SSSR count). The van der Waals surface area contributed by atoms with E-state index in [1.165, 1.54) is 36.8 Å². The van der Waals surface area contributed by atoms with Crippen LogP contribution in [0.3, 0.4) is 0 Å². The fraction of sp³-hybridized carbons (Fsp3) is 0.263. The van der Waals surface area contributed by atoms with E-state index in [4.69, 9.17) is 16.3 Å². The molecule has 0 atom stereocenters. The number of carbonyl (C=O) groups is 1. The number of hydrogen-bond acceptors (Lipinski definition) is 7. The summed E-state index contributed by atoms with van der Waals surface area (Å²) in [6.45, 7) is 6.27. The number of pyridine rings is 2. The molecule has 0 aliphatic carbocycles. The van der Waals surface area contributed by atoms with Gasteiger partial charge >= 0.3 is 0 Å². The van der Waals surface area contributed by atoms with Crippen molar-refractivity contribution in [1.29, 1.82) is 0 Å². The molecular formula is C19H19ClFN5O4S. The molecule has 0 spiro atoms. The normalized spacial score (nSPS) is 11.9. The maximum Gasteiger partial charge on any atom is 0.284 e. The minimum absolute atomic E-state index is 0.00733. The molecule has 1 N–H and O–H groups in total. The van der Waals surface area contributed by atoms with Gasteiger partial charge in [-0.1, -0.05) is 32.4 Å². The molecule has 0 bridgehead atoms. The zero-order valence-corrected chi connectivity index (χ0v) is 18.4. The molecule has 31 heavy (non-hydrogen) atoms. The van der Waals surface area contributed by atoms with Gasteiger partial charge in [0.1, 0.15) is 5.69 Å². The van der Waals surface area contributed by atoms with Crippen LogP contribution in [0.1, 0.15) is 31.1 Å². The largest absolute Gasteiger partial charge is 0.476 e. The number of amides is 1. The molecule has 1 amide bonds. The van der Waals surface area contributed by atoms with Crippen LogP contribution in [0.2, 0.25) is 5.02 Å². The predicted molar refractivity (Wildman–Crippen MR) is 110 cm³/mol. The van der Waals surface area contributed by atoms with Gasteiger partial charge in [0.25, 0.3) is 15.9 Å². The number of sulfonamides is 1. The van der Waals surface area contributed by atoms with Gasteiger partial charge in [-0.3, -0.25) is 9.78 Å². The maximum absolute atomic E-state index is 13.9. The molecule has 0 saturated heterocycles. The lowest BCUT2D eigenvalue weighted by Gasteiger charge is -2.17. The Labute approximate surface area is 183 Å². The standard InChI is InChI=1S/C19H19ClFN5O4S/c1-19(2,3)11-30-15-6-8-26(24-15)16-13(20)9-14(21)23-18(16)31(28,29)25-17(27)12-5-4-7-22-10-12/h4-10H,11H2,1-3H3,(H,25,27). The van der Waals surface area contributed by atoms with E-state index in [1.54, 1.807) is 0 Å². The van der Waals surface area contributed by atoms with Crippen molar-refractivity contribution < 1.29 is 22.3 Å². The third-order valence-corrected chi connectivity index (χ3v) is 5.27. The van der Waals surface area contributed by atoms with Crippen LogP contribution in [0.25, 0.3) is 5.69 Å². The molecule has 0 aliphatic heterocycles. The summed E-state index contributed by atoms with van der Waals surface area (Å²) >= 11 is 6.12. The number of carbonyl (C=O) groups excluding carboxylic acids is 1. The highest BCUT2D eigenvalue weighted by Gasteiger charge is 2.28. The van der Waals surface area contributed by atoms with Gasteiger partial charge in [0.2, 0.25) is 16.9 Å². The van der Waals surface area contributed by atoms with Crippen molar-refractivity contribution in [2.45, 2.75) is 25.8 Å². The summed E-state index contributed by atoms with van der Waals surface area (Å²) in [7, 11) is -4.62. The zero-order valence-electron chi connectivity index (χ0n) is 16.8. The summed E-state index contributed by atoms with van der Waals surface area (Å²) in [5.41, 5.74) is -0.378. The second-order valence-corrected chi connectivity index (χ2v) is 9.71. The molecule has 12 heteroatoms. The average Bonchev–Trinajstić information content (AvgIpc) is 3.14. The molecule has 0 saturated carbocycles. The highest BCUT2D eigenvalue weighted by atomic mass is 35.5. The van der Waals surface area contributed by atoms with Crippen molar-refractivity contribution in [3.05, 3.63) is 59.4 Å². The molecule has 0 aromatic carbocycles. The van der Waals surface area contributed by atoms with Crippen LogP contribution in [0.4, 0.5) is 4.39 Å². The van der Waals surface area contributed by atoms with E-state index in [1.807, 2.05) is 25.5 Å². The van der Waals surface area contributed by atoms with Gasteiger partial charge in [-0.15, -0.1) is 5.10 Å². The van der Waals surface area contributed by atoms with Crippen molar-refractivity contribution in [3.8, 4) is 11.6 Å². The van der Waals surface area contributed by atoms with Crippen LogP contribution >= 0.6 is 11.6 Å².